The largest absolute Gasteiger partial charge is 0.483 e. The highest BCUT2D eigenvalue weighted by molar-refractivity contribution is 5.99. The molecule has 4 nitrogen and oxygen atoms in total. The third-order valence-corrected chi connectivity index (χ3v) is 2.59. The number of para-hydroxylation sites is 1. The predicted octanol–water partition coefficient (Wildman–Crippen LogP) is 2.56. The van der Waals surface area contributed by atoms with Gasteiger partial charge >= 0.3 is 0 Å². The van der Waals surface area contributed by atoms with Gasteiger partial charge in [-0.25, -0.2) is 0 Å². The van der Waals surface area contributed by atoms with E-state index < -0.39 is 0 Å². The normalized spacial score (nSPS) is 9.88. The Kier molecular flexibility index (Phi) is 2.96. The molecule has 0 atom stereocenters. The molecule has 0 unspecified atom stereocenters. The Balaban J connectivity index is 0.000000329. The number of aromatic nitrogens is 1. The molecule has 0 spiro atoms. The number of aromatic amines is 1. The van der Waals surface area contributed by atoms with E-state index in [-0.39, 0.29) is 6.47 Å². The van der Waals surface area contributed by atoms with Crippen LogP contribution in [0.1, 0.15) is 0 Å². The second-order valence-electron chi connectivity index (χ2n) is 3.54. The second kappa shape index (κ2) is 4.57. The van der Waals surface area contributed by atoms with Crippen LogP contribution < -0.4 is 5.73 Å². The fraction of sp³-hybridized carbons (Fsp3) is 0. The molecule has 0 radical (unpaired) electrons. The zero-order chi connectivity index (χ0) is 12.3. The number of hydrogen-bond acceptors (Lipinski definition) is 2. The topological polar surface area (TPSA) is 79.1 Å². The molecule has 17 heavy (non-hydrogen) atoms. The Bertz CT molecular complexity index is 616. The van der Waals surface area contributed by atoms with Gasteiger partial charge < -0.3 is 15.8 Å². The lowest BCUT2D eigenvalue weighted by Gasteiger charge is -2.08. The molecule has 86 valence electrons. The molecule has 3 rings (SSSR count). The van der Waals surface area contributed by atoms with Crippen LogP contribution in [-0.4, -0.2) is 16.6 Å². The summed E-state index contributed by atoms with van der Waals surface area (Å²) in [4.78, 5) is 11.7. The summed E-state index contributed by atoms with van der Waals surface area (Å²) in [5.41, 5.74) is 10.2. The zero-order valence-electron chi connectivity index (χ0n) is 9.05. The summed E-state index contributed by atoms with van der Waals surface area (Å²) < 4.78 is 0. The van der Waals surface area contributed by atoms with E-state index in [2.05, 4.69) is 4.98 Å². The molecule has 0 amide bonds. The van der Waals surface area contributed by atoms with E-state index in [9.17, 15) is 0 Å². The average molecular weight is 228 g/mol. The molecule has 0 saturated heterocycles. The highest BCUT2D eigenvalue weighted by atomic mass is 16.3. The summed E-state index contributed by atoms with van der Waals surface area (Å²) in [7, 11) is 0. The summed E-state index contributed by atoms with van der Waals surface area (Å²) in [6, 6.07) is 14.2. The Morgan fingerprint density at radius 3 is 2.59 bits per heavy atom. The van der Waals surface area contributed by atoms with Gasteiger partial charge in [-0.3, -0.25) is 4.79 Å². The Morgan fingerprint density at radius 2 is 1.82 bits per heavy atom. The number of H-pyrrole nitrogens is 1. The fourth-order valence-corrected chi connectivity index (χ4v) is 1.88. The molecular formula is C13H12N2O2. The molecule has 4 N–H and O–H groups in total. The van der Waals surface area contributed by atoms with E-state index in [0.29, 0.717) is 0 Å². The van der Waals surface area contributed by atoms with Gasteiger partial charge in [-0.2, -0.15) is 0 Å². The molecule has 2 aliphatic rings. The third-order valence-electron chi connectivity index (χ3n) is 2.59. The van der Waals surface area contributed by atoms with Gasteiger partial charge in [0.1, 0.15) is 0 Å². The third kappa shape index (κ3) is 1.92. The number of nitrogen functional groups attached to an aromatic ring is 1. The maximum atomic E-state index is 8.36. The van der Waals surface area contributed by atoms with Crippen molar-refractivity contribution in [1.29, 1.82) is 0 Å². The molecule has 0 bridgehead atoms. The lowest BCUT2D eigenvalue weighted by atomic mass is 10.1. The molecule has 1 aliphatic heterocycles. The second-order valence-corrected chi connectivity index (χ2v) is 3.54. The Morgan fingerprint density at radius 1 is 1.12 bits per heavy atom. The summed E-state index contributed by atoms with van der Waals surface area (Å²) in [6.07, 6.45) is 0. The van der Waals surface area contributed by atoms with Gasteiger partial charge in [-0.05, 0) is 12.1 Å². The SMILES string of the molecule is Nc1c2cccc-2[nH]c2ccccc12.O=CO. The molecule has 0 fully saturated rings. The van der Waals surface area contributed by atoms with E-state index in [4.69, 9.17) is 15.6 Å². The first-order valence-corrected chi connectivity index (χ1v) is 5.10. The van der Waals surface area contributed by atoms with Crippen molar-refractivity contribution in [2.24, 2.45) is 0 Å². The number of anilines is 1. The van der Waals surface area contributed by atoms with Gasteiger partial charge in [-0.1, -0.05) is 30.3 Å². The standard InChI is InChI=1S/C12H10N2.CH2O2/c13-12-8-4-1-2-6-10(8)14-11-7-3-5-9(11)12;2-1-3/h1-7,14H,13H2;1H,(H,2,3). The summed E-state index contributed by atoms with van der Waals surface area (Å²) in [5.74, 6) is 0. The number of benzene rings is 1. The van der Waals surface area contributed by atoms with Crippen molar-refractivity contribution in [3.63, 3.8) is 0 Å². The highest BCUT2D eigenvalue weighted by Crippen LogP contribution is 2.33. The number of fused-ring (bicyclic) bond motifs is 2. The van der Waals surface area contributed by atoms with Crippen LogP contribution in [0, 0.1) is 0 Å². The van der Waals surface area contributed by atoms with E-state index in [1.54, 1.807) is 0 Å². The first-order valence-electron chi connectivity index (χ1n) is 5.10. The van der Waals surface area contributed by atoms with E-state index in [0.717, 1.165) is 27.8 Å². The summed E-state index contributed by atoms with van der Waals surface area (Å²) >= 11 is 0. The molecular weight excluding hydrogens is 216 g/mol. The van der Waals surface area contributed by atoms with E-state index >= 15 is 0 Å². The van der Waals surface area contributed by atoms with E-state index in [1.165, 1.54) is 0 Å². The van der Waals surface area contributed by atoms with Crippen molar-refractivity contribution in [3.8, 4) is 11.3 Å². The first-order chi connectivity index (χ1) is 8.27. The summed E-state index contributed by atoms with van der Waals surface area (Å²) in [5, 5.41) is 7.98. The Labute approximate surface area is 98.0 Å². The van der Waals surface area contributed by atoms with Gasteiger partial charge in [0.2, 0.25) is 0 Å². The zero-order valence-corrected chi connectivity index (χ0v) is 9.05. The van der Waals surface area contributed by atoms with Crippen molar-refractivity contribution < 1.29 is 9.90 Å². The van der Waals surface area contributed by atoms with Crippen molar-refractivity contribution >= 4 is 23.1 Å². The molecule has 1 aromatic carbocycles. The van der Waals surface area contributed by atoms with Gasteiger partial charge in [-0.15, -0.1) is 0 Å². The number of carbonyl (C=O) groups is 1. The van der Waals surface area contributed by atoms with Crippen molar-refractivity contribution in [2.75, 3.05) is 5.73 Å². The number of nitrogens with one attached hydrogen (secondary N) is 1. The minimum Gasteiger partial charge on any atom is -0.483 e. The number of carboxylic acid groups (broad SMARTS) is 1. The van der Waals surface area contributed by atoms with Crippen LogP contribution in [0.4, 0.5) is 5.69 Å². The smallest absolute Gasteiger partial charge is 0.290 e. The maximum absolute atomic E-state index is 8.36. The van der Waals surface area contributed by atoms with E-state index in [1.807, 2.05) is 42.5 Å². The van der Waals surface area contributed by atoms with Crippen LogP contribution in [0.3, 0.4) is 0 Å². The molecule has 0 aromatic heterocycles. The molecule has 1 aliphatic carbocycles. The number of rotatable bonds is 0. The Hall–Kier alpha value is -2.49. The first kappa shape index (κ1) is 11.0. The van der Waals surface area contributed by atoms with Crippen LogP contribution in [0.25, 0.3) is 22.2 Å². The van der Waals surface area contributed by atoms with Crippen LogP contribution in [0.2, 0.25) is 0 Å². The van der Waals surface area contributed by atoms with Crippen molar-refractivity contribution in [1.82, 2.24) is 4.98 Å². The minimum atomic E-state index is -0.250. The van der Waals surface area contributed by atoms with Crippen molar-refractivity contribution in [3.05, 3.63) is 42.5 Å². The van der Waals surface area contributed by atoms with Crippen LogP contribution in [-0.2, 0) is 4.79 Å². The number of nitrogens with two attached hydrogens (primary N) is 1. The van der Waals surface area contributed by atoms with Gasteiger partial charge in [0, 0.05) is 22.2 Å². The lowest BCUT2D eigenvalue weighted by molar-refractivity contribution is -0.122. The quantitative estimate of drug-likeness (QED) is 0.517. The van der Waals surface area contributed by atoms with Crippen LogP contribution in [0.15, 0.2) is 42.5 Å². The highest BCUT2D eigenvalue weighted by Gasteiger charge is 2.09. The lowest BCUT2D eigenvalue weighted by Crippen LogP contribution is -1.93. The van der Waals surface area contributed by atoms with Crippen LogP contribution >= 0.6 is 0 Å². The van der Waals surface area contributed by atoms with Crippen LogP contribution in [0.5, 0.6) is 0 Å². The minimum absolute atomic E-state index is 0.250. The predicted molar refractivity (Wildman–Crippen MR) is 68.0 cm³/mol. The number of pyridine rings is 1. The molecule has 4 heteroatoms. The molecule has 1 heterocycles. The van der Waals surface area contributed by atoms with Gasteiger partial charge in [0.25, 0.3) is 6.47 Å². The number of hydrogen-bond donors (Lipinski definition) is 3. The fourth-order valence-electron chi connectivity index (χ4n) is 1.88. The average Bonchev–Trinajstić information content (AvgIpc) is 2.79. The molecule has 0 saturated carbocycles. The van der Waals surface area contributed by atoms with Gasteiger partial charge in [0.15, 0.2) is 0 Å². The molecule has 1 aromatic rings. The monoisotopic (exact) mass is 228 g/mol. The van der Waals surface area contributed by atoms with Gasteiger partial charge in [0.05, 0.1) is 5.69 Å². The maximum Gasteiger partial charge on any atom is 0.290 e. The summed E-state index contributed by atoms with van der Waals surface area (Å²) in [6.45, 7) is -0.250. The van der Waals surface area contributed by atoms with Crippen molar-refractivity contribution in [2.45, 2.75) is 0 Å².